The topological polar surface area (TPSA) is 70.7 Å². The Morgan fingerprint density at radius 3 is 2.67 bits per heavy atom. The van der Waals surface area contributed by atoms with Gasteiger partial charge in [-0.15, -0.1) is 0 Å². The Hall–Kier alpha value is -2.57. The van der Waals surface area contributed by atoms with Crippen molar-refractivity contribution in [3.8, 4) is 5.75 Å². The van der Waals surface area contributed by atoms with Crippen molar-refractivity contribution in [2.45, 2.75) is 6.04 Å². The molecule has 0 radical (unpaired) electrons. The molecule has 0 aromatic heterocycles. The third-order valence-electron chi connectivity index (χ3n) is 4.38. The maximum atomic E-state index is 12.7. The molecule has 1 heterocycles. The molecule has 6 nitrogen and oxygen atoms in total. The Labute approximate surface area is 163 Å². The van der Waals surface area contributed by atoms with Gasteiger partial charge in [0.25, 0.3) is 5.91 Å². The first-order valence-corrected chi connectivity index (χ1v) is 9.22. The van der Waals surface area contributed by atoms with Crippen LogP contribution in [0.25, 0.3) is 0 Å². The molecule has 1 saturated heterocycles. The van der Waals surface area contributed by atoms with E-state index in [4.69, 9.17) is 16.3 Å². The minimum absolute atomic E-state index is 0.0715. The molecular weight excluding hydrogens is 366 g/mol. The molecule has 1 unspecified atom stereocenters. The number of benzene rings is 2. The van der Waals surface area contributed by atoms with E-state index in [1.54, 1.807) is 17.0 Å². The molecule has 3 rings (SSSR count). The minimum Gasteiger partial charge on any atom is -0.484 e. The summed E-state index contributed by atoms with van der Waals surface area (Å²) in [6.07, 6.45) is 0. The molecule has 1 atom stereocenters. The Morgan fingerprint density at radius 1 is 1.15 bits per heavy atom. The van der Waals surface area contributed by atoms with Crippen LogP contribution >= 0.6 is 11.6 Å². The molecule has 2 aromatic carbocycles. The van der Waals surface area contributed by atoms with Crippen LogP contribution in [0, 0.1) is 0 Å². The predicted octanol–water partition coefficient (Wildman–Crippen LogP) is 2.01. The number of hydrogen-bond acceptors (Lipinski definition) is 4. The van der Waals surface area contributed by atoms with Crippen LogP contribution in [-0.2, 0) is 9.59 Å². The monoisotopic (exact) mass is 387 g/mol. The summed E-state index contributed by atoms with van der Waals surface area (Å²) in [5, 5.41) is 6.55. The highest BCUT2D eigenvalue weighted by Crippen LogP contribution is 2.28. The summed E-state index contributed by atoms with van der Waals surface area (Å²) in [6, 6.07) is 16.4. The van der Waals surface area contributed by atoms with Crippen LogP contribution in [0.3, 0.4) is 0 Å². The van der Waals surface area contributed by atoms with E-state index in [1.807, 2.05) is 42.5 Å². The standard InChI is InChI=1S/C20H22ClN3O3/c21-17-9-5-4-8-16(17)18-12-22-10-11-24(18)20(26)13-23-19(25)14-27-15-6-2-1-3-7-15/h1-9,18,22H,10-14H2,(H,23,25). The van der Waals surface area contributed by atoms with Crippen molar-refractivity contribution in [2.75, 3.05) is 32.8 Å². The van der Waals surface area contributed by atoms with Crippen LogP contribution in [0.2, 0.25) is 5.02 Å². The van der Waals surface area contributed by atoms with Crippen molar-refractivity contribution >= 4 is 23.4 Å². The number of hydrogen-bond donors (Lipinski definition) is 2. The lowest BCUT2D eigenvalue weighted by Gasteiger charge is -2.37. The van der Waals surface area contributed by atoms with Gasteiger partial charge >= 0.3 is 0 Å². The third kappa shape index (κ3) is 5.21. The minimum atomic E-state index is -0.336. The molecule has 0 saturated carbocycles. The zero-order valence-corrected chi connectivity index (χ0v) is 15.6. The summed E-state index contributed by atoms with van der Waals surface area (Å²) in [7, 11) is 0. The molecule has 1 fully saturated rings. The van der Waals surface area contributed by atoms with E-state index < -0.39 is 0 Å². The Bertz CT molecular complexity index is 785. The van der Waals surface area contributed by atoms with E-state index in [2.05, 4.69) is 10.6 Å². The van der Waals surface area contributed by atoms with Crippen LogP contribution in [0.15, 0.2) is 54.6 Å². The quantitative estimate of drug-likeness (QED) is 0.795. The smallest absolute Gasteiger partial charge is 0.258 e. The second-order valence-electron chi connectivity index (χ2n) is 6.21. The van der Waals surface area contributed by atoms with E-state index in [-0.39, 0.29) is 31.0 Å². The van der Waals surface area contributed by atoms with Gasteiger partial charge in [0.15, 0.2) is 6.61 Å². The molecule has 0 bridgehead atoms. The second kappa shape index (κ2) is 9.39. The van der Waals surface area contributed by atoms with Gasteiger partial charge < -0.3 is 20.3 Å². The van der Waals surface area contributed by atoms with Crippen molar-refractivity contribution in [2.24, 2.45) is 0 Å². The molecule has 27 heavy (non-hydrogen) atoms. The van der Waals surface area contributed by atoms with Crippen LogP contribution in [0.4, 0.5) is 0 Å². The fourth-order valence-electron chi connectivity index (χ4n) is 3.02. The number of halogens is 1. The molecule has 1 aliphatic rings. The highest BCUT2D eigenvalue weighted by atomic mass is 35.5. The summed E-state index contributed by atoms with van der Waals surface area (Å²) in [5.41, 5.74) is 0.901. The van der Waals surface area contributed by atoms with Gasteiger partial charge in [0.2, 0.25) is 5.91 Å². The first-order valence-electron chi connectivity index (χ1n) is 8.84. The van der Waals surface area contributed by atoms with Crippen molar-refractivity contribution in [1.29, 1.82) is 0 Å². The molecule has 0 spiro atoms. The molecule has 142 valence electrons. The number of nitrogens with one attached hydrogen (secondary N) is 2. The number of ether oxygens (including phenoxy) is 1. The normalized spacial score (nSPS) is 16.6. The lowest BCUT2D eigenvalue weighted by Crippen LogP contribution is -2.51. The molecule has 2 aromatic rings. The van der Waals surface area contributed by atoms with Crippen LogP contribution in [-0.4, -0.2) is 49.5 Å². The molecule has 2 N–H and O–H groups in total. The van der Waals surface area contributed by atoms with Gasteiger partial charge in [-0.1, -0.05) is 48.0 Å². The van der Waals surface area contributed by atoms with E-state index in [9.17, 15) is 9.59 Å². The summed E-state index contributed by atoms with van der Waals surface area (Å²) in [4.78, 5) is 26.4. The lowest BCUT2D eigenvalue weighted by atomic mass is 10.0. The van der Waals surface area contributed by atoms with Gasteiger partial charge in [0.1, 0.15) is 5.75 Å². The van der Waals surface area contributed by atoms with Gasteiger partial charge in [0.05, 0.1) is 12.6 Å². The zero-order chi connectivity index (χ0) is 19.1. The van der Waals surface area contributed by atoms with Crippen LogP contribution in [0.5, 0.6) is 5.75 Å². The molecule has 2 amide bonds. The largest absolute Gasteiger partial charge is 0.484 e. The Balaban J connectivity index is 1.54. The summed E-state index contributed by atoms with van der Waals surface area (Å²) >= 11 is 6.30. The molecule has 1 aliphatic heterocycles. The van der Waals surface area contributed by atoms with Gasteiger partial charge in [-0.25, -0.2) is 0 Å². The van der Waals surface area contributed by atoms with E-state index in [0.717, 1.165) is 5.56 Å². The first kappa shape index (κ1) is 19.2. The predicted molar refractivity (Wildman–Crippen MR) is 104 cm³/mol. The van der Waals surface area contributed by atoms with Gasteiger partial charge in [-0.3, -0.25) is 9.59 Å². The maximum absolute atomic E-state index is 12.7. The summed E-state index contributed by atoms with van der Waals surface area (Å²) in [5.74, 6) is 0.131. The Kier molecular flexibility index (Phi) is 6.68. The molecule has 7 heteroatoms. The third-order valence-corrected chi connectivity index (χ3v) is 4.72. The highest BCUT2D eigenvalue weighted by molar-refractivity contribution is 6.31. The lowest BCUT2D eigenvalue weighted by molar-refractivity contribution is -0.136. The van der Waals surface area contributed by atoms with Gasteiger partial charge in [-0.05, 0) is 23.8 Å². The van der Waals surface area contributed by atoms with Gasteiger partial charge in [-0.2, -0.15) is 0 Å². The second-order valence-corrected chi connectivity index (χ2v) is 6.61. The van der Waals surface area contributed by atoms with Crippen LogP contribution in [0.1, 0.15) is 11.6 Å². The van der Waals surface area contributed by atoms with E-state index >= 15 is 0 Å². The SMILES string of the molecule is O=C(COc1ccccc1)NCC(=O)N1CCNCC1c1ccccc1Cl. The Morgan fingerprint density at radius 2 is 1.89 bits per heavy atom. The maximum Gasteiger partial charge on any atom is 0.258 e. The number of piperazine rings is 1. The fourth-order valence-corrected chi connectivity index (χ4v) is 3.28. The number of nitrogens with zero attached hydrogens (tertiary/aromatic N) is 1. The van der Waals surface area contributed by atoms with Crippen LogP contribution < -0.4 is 15.4 Å². The number of carbonyl (C=O) groups is 2. The average molecular weight is 388 g/mol. The molecular formula is C20H22ClN3O3. The summed E-state index contributed by atoms with van der Waals surface area (Å²) < 4.78 is 5.39. The number of para-hydroxylation sites is 1. The summed E-state index contributed by atoms with van der Waals surface area (Å²) in [6.45, 7) is 1.69. The highest BCUT2D eigenvalue weighted by Gasteiger charge is 2.29. The average Bonchev–Trinajstić information content (AvgIpc) is 2.71. The van der Waals surface area contributed by atoms with Crippen molar-refractivity contribution in [1.82, 2.24) is 15.5 Å². The number of rotatable bonds is 6. The van der Waals surface area contributed by atoms with E-state index in [0.29, 0.717) is 30.4 Å². The number of amides is 2. The zero-order valence-electron chi connectivity index (χ0n) is 14.9. The van der Waals surface area contributed by atoms with E-state index in [1.165, 1.54) is 0 Å². The number of carbonyl (C=O) groups excluding carboxylic acids is 2. The van der Waals surface area contributed by atoms with Crippen molar-refractivity contribution < 1.29 is 14.3 Å². The molecule has 0 aliphatic carbocycles. The van der Waals surface area contributed by atoms with Crippen molar-refractivity contribution in [3.05, 3.63) is 65.2 Å². The fraction of sp³-hybridized carbons (Fsp3) is 0.300. The van der Waals surface area contributed by atoms with Gasteiger partial charge in [0, 0.05) is 24.7 Å². The van der Waals surface area contributed by atoms with Crippen molar-refractivity contribution in [3.63, 3.8) is 0 Å². The first-order chi connectivity index (χ1) is 13.1.